The van der Waals surface area contributed by atoms with E-state index in [2.05, 4.69) is 63.5 Å². The fourth-order valence-electron chi connectivity index (χ4n) is 3.70. The average molecular weight is 421 g/mol. The van der Waals surface area contributed by atoms with Crippen LogP contribution in [0.5, 0.6) is 0 Å². The van der Waals surface area contributed by atoms with Crippen molar-refractivity contribution >= 4 is 44.6 Å². The van der Waals surface area contributed by atoms with Gasteiger partial charge in [0.2, 0.25) is 0 Å². The highest BCUT2D eigenvalue weighted by molar-refractivity contribution is 7.00. The zero-order valence-corrected chi connectivity index (χ0v) is 20.4. The molecule has 140 valence electrons. The second-order valence-electron chi connectivity index (χ2n) is 7.83. The van der Waals surface area contributed by atoms with Crippen LogP contribution in [-0.2, 0) is 16.5 Å². The molecular formula is C18H28O4Si4. The Morgan fingerprint density at radius 3 is 1.15 bits per heavy atom. The van der Waals surface area contributed by atoms with Gasteiger partial charge < -0.3 is 16.5 Å². The van der Waals surface area contributed by atoms with E-state index in [9.17, 15) is 0 Å². The van der Waals surface area contributed by atoms with E-state index in [1.807, 2.05) is 36.4 Å². The van der Waals surface area contributed by atoms with E-state index in [4.69, 9.17) is 16.5 Å². The van der Waals surface area contributed by atoms with Gasteiger partial charge in [-0.15, -0.1) is 0 Å². The van der Waals surface area contributed by atoms with Crippen LogP contribution in [0.1, 0.15) is 0 Å². The van der Waals surface area contributed by atoms with Gasteiger partial charge in [0, 0.05) is 0 Å². The highest BCUT2D eigenvalue weighted by Crippen LogP contribution is 2.30. The maximum Gasteiger partial charge on any atom is 0.351 e. The van der Waals surface area contributed by atoms with Crippen molar-refractivity contribution in [2.75, 3.05) is 0 Å². The summed E-state index contributed by atoms with van der Waals surface area (Å²) in [7, 11) is -10.2. The van der Waals surface area contributed by atoms with E-state index in [1.54, 1.807) is 0 Å². The van der Waals surface area contributed by atoms with Crippen LogP contribution >= 0.6 is 0 Å². The average Bonchev–Trinajstić information content (AvgIpc) is 2.53. The Morgan fingerprint density at radius 2 is 0.808 bits per heavy atom. The van der Waals surface area contributed by atoms with Crippen molar-refractivity contribution < 1.29 is 16.5 Å². The van der Waals surface area contributed by atoms with Gasteiger partial charge in [0.1, 0.15) is 0 Å². The molecule has 0 aliphatic carbocycles. The predicted octanol–water partition coefficient (Wildman–Crippen LogP) is 3.43. The molecule has 0 unspecified atom stereocenters. The van der Waals surface area contributed by atoms with Gasteiger partial charge in [0.15, 0.2) is 0 Å². The van der Waals surface area contributed by atoms with Crippen molar-refractivity contribution in [3.8, 4) is 0 Å². The smallest absolute Gasteiger partial charge is 0.351 e. The lowest BCUT2D eigenvalue weighted by molar-refractivity contribution is 0.246. The first kappa shape index (κ1) is 19.9. The summed E-state index contributed by atoms with van der Waals surface area (Å²) in [4.78, 5) is 0. The standard InChI is InChI=1S/C18H28O4Si4/c1-23(2)19-24(3,4)21-26(6,18-15-11-8-12-16-18)22-25(5,20-23)17-13-9-7-10-14-17/h7-16H,1-6H3/t25-,26-/m1/s1. The fraction of sp³-hybridized carbons (Fsp3) is 0.333. The van der Waals surface area contributed by atoms with Crippen molar-refractivity contribution in [3.05, 3.63) is 60.7 Å². The molecule has 2 atom stereocenters. The Balaban J connectivity index is 2.11. The SMILES string of the molecule is C[Si]1(C)O[Si](C)(C)O[Si@@](C)(c2ccccc2)O[Si@](C)(c2ccccc2)O1. The van der Waals surface area contributed by atoms with Crippen LogP contribution in [0.25, 0.3) is 0 Å². The lowest BCUT2D eigenvalue weighted by Crippen LogP contribution is -2.72. The Hall–Kier alpha value is -0.852. The van der Waals surface area contributed by atoms with E-state index in [-0.39, 0.29) is 0 Å². The number of hydrogen-bond acceptors (Lipinski definition) is 4. The summed E-state index contributed by atoms with van der Waals surface area (Å²) in [6, 6.07) is 20.6. The van der Waals surface area contributed by atoms with Crippen LogP contribution in [0.15, 0.2) is 60.7 Å². The molecular weight excluding hydrogens is 393 g/mol. The molecule has 1 saturated heterocycles. The minimum atomic E-state index is -2.72. The molecule has 0 spiro atoms. The summed E-state index contributed by atoms with van der Waals surface area (Å²) in [6.07, 6.45) is 0. The van der Waals surface area contributed by atoms with Crippen LogP contribution in [0.3, 0.4) is 0 Å². The molecule has 2 aromatic rings. The van der Waals surface area contributed by atoms with Crippen LogP contribution in [-0.4, -0.2) is 34.2 Å². The predicted molar refractivity (Wildman–Crippen MR) is 115 cm³/mol. The Bertz CT molecular complexity index is 693. The lowest BCUT2D eigenvalue weighted by Gasteiger charge is -2.48. The lowest BCUT2D eigenvalue weighted by atomic mass is 10.4. The van der Waals surface area contributed by atoms with Gasteiger partial charge in [-0.3, -0.25) is 0 Å². The van der Waals surface area contributed by atoms with E-state index >= 15 is 0 Å². The molecule has 1 heterocycles. The van der Waals surface area contributed by atoms with Gasteiger partial charge in [-0.2, -0.15) is 0 Å². The summed E-state index contributed by atoms with van der Waals surface area (Å²) >= 11 is 0. The Morgan fingerprint density at radius 1 is 0.462 bits per heavy atom. The molecule has 1 fully saturated rings. The zero-order chi connectivity index (χ0) is 19.1. The first-order valence-electron chi connectivity index (χ1n) is 8.95. The van der Waals surface area contributed by atoms with Gasteiger partial charge in [-0.05, 0) is 49.7 Å². The Kier molecular flexibility index (Phi) is 5.32. The molecule has 0 bridgehead atoms. The second-order valence-corrected chi connectivity index (χ2v) is 21.6. The molecule has 0 N–H and O–H groups in total. The number of rotatable bonds is 2. The van der Waals surface area contributed by atoms with Gasteiger partial charge in [-0.1, -0.05) is 60.7 Å². The van der Waals surface area contributed by atoms with Gasteiger partial charge in [0.25, 0.3) is 0 Å². The molecule has 0 radical (unpaired) electrons. The largest absolute Gasteiger partial charge is 0.416 e. The van der Waals surface area contributed by atoms with Gasteiger partial charge in [0.05, 0.1) is 0 Å². The minimum absolute atomic E-state index is 1.11. The number of benzene rings is 2. The topological polar surface area (TPSA) is 36.9 Å². The van der Waals surface area contributed by atoms with E-state index in [0.29, 0.717) is 0 Å². The first-order chi connectivity index (χ1) is 12.0. The summed E-state index contributed by atoms with van der Waals surface area (Å²) in [5.41, 5.74) is 0. The monoisotopic (exact) mass is 420 g/mol. The maximum atomic E-state index is 6.93. The van der Waals surface area contributed by atoms with Crippen LogP contribution in [0, 0.1) is 0 Å². The quantitative estimate of drug-likeness (QED) is 0.698. The second kappa shape index (κ2) is 6.95. The first-order valence-corrected chi connectivity index (χ1v) is 19.2. The van der Waals surface area contributed by atoms with Crippen molar-refractivity contribution in [1.82, 2.24) is 0 Å². The third kappa shape index (κ3) is 4.34. The van der Waals surface area contributed by atoms with E-state index in [0.717, 1.165) is 10.4 Å². The molecule has 0 saturated carbocycles. The summed E-state index contributed by atoms with van der Waals surface area (Å²) < 4.78 is 26.9. The molecule has 1 aliphatic heterocycles. The molecule has 4 nitrogen and oxygen atoms in total. The van der Waals surface area contributed by atoms with E-state index < -0.39 is 34.2 Å². The molecule has 0 aromatic heterocycles. The van der Waals surface area contributed by atoms with Crippen LogP contribution in [0.2, 0.25) is 39.3 Å². The normalized spacial score (nSPS) is 31.0. The third-order valence-electron chi connectivity index (χ3n) is 4.36. The van der Waals surface area contributed by atoms with E-state index in [1.165, 1.54) is 0 Å². The fourth-order valence-corrected chi connectivity index (χ4v) is 24.6. The van der Waals surface area contributed by atoms with Gasteiger partial charge in [-0.25, -0.2) is 0 Å². The molecule has 0 amide bonds. The highest BCUT2D eigenvalue weighted by atomic mass is 28.5. The molecule has 8 heteroatoms. The number of hydrogen-bond donors (Lipinski definition) is 0. The maximum absolute atomic E-state index is 6.93. The van der Waals surface area contributed by atoms with Crippen LogP contribution < -0.4 is 10.4 Å². The zero-order valence-electron chi connectivity index (χ0n) is 16.4. The minimum Gasteiger partial charge on any atom is -0.416 e. The summed E-state index contributed by atoms with van der Waals surface area (Å²) in [5, 5.41) is 2.23. The van der Waals surface area contributed by atoms with Gasteiger partial charge >= 0.3 is 34.2 Å². The Labute approximate surface area is 161 Å². The van der Waals surface area contributed by atoms with Crippen molar-refractivity contribution in [1.29, 1.82) is 0 Å². The summed E-state index contributed by atoms with van der Waals surface area (Å²) in [6.45, 7) is 12.6. The third-order valence-corrected chi connectivity index (χ3v) is 21.2. The molecule has 2 aromatic carbocycles. The van der Waals surface area contributed by atoms with Crippen molar-refractivity contribution in [3.63, 3.8) is 0 Å². The van der Waals surface area contributed by atoms with Crippen molar-refractivity contribution in [2.24, 2.45) is 0 Å². The molecule has 1 aliphatic rings. The highest BCUT2D eigenvalue weighted by Gasteiger charge is 2.55. The molecule has 26 heavy (non-hydrogen) atoms. The summed E-state index contributed by atoms with van der Waals surface area (Å²) in [5.74, 6) is 0. The molecule has 3 rings (SSSR count). The van der Waals surface area contributed by atoms with Crippen LogP contribution in [0.4, 0.5) is 0 Å². The van der Waals surface area contributed by atoms with Crippen molar-refractivity contribution in [2.45, 2.75) is 39.3 Å².